The Morgan fingerprint density at radius 2 is 1.94 bits per heavy atom. The van der Waals surface area contributed by atoms with E-state index in [1.54, 1.807) is 44.2 Å². The van der Waals surface area contributed by atoms with Gasteiger partial charge in [0, 0.05) is 17.8 Å². The summed E-state index contributed by atoms with van der Waals surface area (Å²) in [4.78, 5) is 37.8. The number of carbonyl (C=O) groups excluding carboxylic acids is 1. The Bertz CT molecular complexity index is 1210. The van der Waals surface area contributed by atoms with Crippen molar-refractivity contribution in [1.29, 1.82) is 0 Å². The molecule has 2 heterocycles. The van der Waals surface area contributed by atoms with E-state index in [-0.39, 0.29) is 17.4 Å². The molecule has 35 heavy (non-hydrogen) atoms. The fraction of sp³-hybridized carbons (Fsp3) is 0.409. The van der Waals surface area contributed by atoms with Gasteiger partial charge < -0.3 is 19.1 Å². The molecule has 2 aromatic rings. The Hall–Kier alpha value is -3.02. The van der Waals surface area contributed by atoms with Crippen molar-refractivity contribution in [1.82, 2.24) is 14.6 Å². The molecule has 0 spiro atoms. The fourth-order valence-corrected chi connectivity index (χ4v) is 4.71. The van der Waals surface area contributed by atoms with Crippen molar-refractivity contribution in [2.45, 2.75) is 51.4 Å². The standard InChI is InChI=1S/C22H28N3O9P/c1-13(2)32-21(28)15(4)24-35(30,34-16-8-6-5-7-9-16)31-12-17-19(27)14(3)20(33-17)25-11-10-18(26)23-22(25)29/h5-11,13,15,17,19-20,27H,3,12H2,1-2,4H3,(H,24,30)(H,23,26,29)/t15-,17-,19-,20+,35?/m0/s1. The van der Waals surface area contributed by atoms with Crippen LogP contribution in [0.2, 0.25) is 0 Å². The number of nitrogens with one attached hydrogen (secondary N) is 2. The number of ether oxygens (including phenoxy) is 2. The second kappa shape index (κ2) is 11.1. The monoisotopic (exact) mass is 509 g/mol. The van der Waals surface area contributed by atoms with Crippen LogP contribution in [0.1, 0.15) is 27.0 Å². The number of nitrogens with zero attached hydrogens (tertiary/aromatic N) is 1. The molecular weight excluding hydrogens is 481 g/mol. The van der Waals surface area contributed by atoms with Gasteiger partial charge in [-0.15, -0.1) is 0 Å². The summed E-state index contributed by atoms with van der Waals surface area (Å²) in [5.74, 6) is -0.453. The summed E-state index contributed by atoms with van der Waals surface area (Å²) in [6.45, 7) is 8.11. The van der Waals surface area contributed by atoms with Crippen molar-refractivity contribution in [2.24, 2.45) is 0 Å². The molecule has 190 valence electrons. The normalized spacial score (nSPS) is 22.5. The maximum absolute atomic E-state index is 13.6. The summed E-state index contributed by atoms with van der Waals surface area (Å²) in [6.07, 6.45) is -2.64. The van der Waals surface area contributed by atoms with Gasteiger partial charge in [0.15, 0.2) is 6.23 Å². The number of hydrogen-bond donors (Lipinski definition) is 3. The Morgan fingerprint density at radius 1 is 1.26 bits per heavy atom. The Morgan fingerprint density at radius 3 is 2.57 bits per heavy atom. The van der Waals surface area contributed by atoms with E-state index in [1.807, 2.05) is 0 Å². The van der Waals surface area contributed by atoms with Crippen LogP contribution in [0.3, 0.4) is 0 Å². The molecule has 3 rings (SSSR count). The molecule has 0 amide bonds. The van der Waals surface area contributed by atoms with Crippen LogP contribution in [0.25, 0.3) is 0 Å². The van der Waals surface area contributed by atoms with Crippen LogP contribution >= 0.6 is 7.75 Å². The first-order chi connectivity index (χ1) is 16.5. The molecule has 0 bridgehead atoms. The van der Waals surface area contributed by atoms with Gasteiger partial charge in [0.1, 0.15) is 24.0 Å². The number of aromatic nitrogens is 2. The average molecular weight is 509 g/mol. The third-order valence-electron chi connectivity index (χ3n) is 4.89. The molecular formula is C22H28N3O9P. The van der Waals surface area contributed by atoms with Gasteiger partial charge in [0.25, 0.3) is 5.56 Å². The molecule has 12 nitrogen and oxygen atoms in total. The highest BCUT2D eigenvalue weighted by atomic mass is 31.2. The number of esters is 1. The lowest BCUT2D eigenvalue weighted by Gasteiger charge is -2.25. The molecule has 1 fully saturated rings. The number of H-pyrrole nitrogens is 1. The highest BCUT2D eigenvalue weighted by Crippen LogP contribution is 2.46. The number of carbonyl (C=O) groups is 1. The van der Waals surface area contributed by atoms with Crippen molar-refractivity contribution in [3.8, 4) is 5.75 Å². The molecule has 1 aliphatic rings. The molecule has 13 heteroatoms. The number of aliphatic hydroxyl groups excluding tert-OH is 1. The Kier molecular flexibility index (Phi) is 8.47. The topological polar surface area (TPSA) is 158 Å². The van der Waals surface area contributed by atoms with Crippen LogP contribution in [0.15, 0.2) is 64.3 Å². The van der Waals surface area contributed by atoms with Gasteiger partial charge in [-0.05, 0) is 32.9 Å². The molecule has 1 aliphatic heterocycles. The smallest absolute Gasteiger partial charge is 0.459 e. The number of aromatic amines is 1. The van der Waals surface area contributed by atoms with Crippen LogP contribution in [0.4, 0.5) is 0 Å². The molecule has 3 N–H and O–H groups in total. The highest BCUT2D eigenvalue weighted by molar-refractivity contribution is 7.52. The van der Waals surface area contributed by atoms with Crippen LogP contribution in [-0.4, -0.2) is 51.6 Å². The van der Waals surface area contributed by atoms with Gasteiger partial charge in [-0.2, -0.15) is 5.09 Å². The van der Waals surface area contributed by atoms with Crippen LogP contribution in [-0.2, 0) is 23.4 Å². The summed E-state index contributed by atoms with van der Waals surface area (Å²) in [5, 5.41) is 13.1. The van der Waals surface area contributed by atoms with Gasteiger partial charge in [-0.1, -0.05) is 24.8 Å². The van der Waals surface area contributed by atoms with Gasteiger partial charge in [0.05, 0.1) is 12.7 Å². The van der Waals surface area contributed by atoms with Crippen molar-refractivity contribution < 1.29 is 33.0 Å². The van der Waals surface area contributed by atoms with Gasteiger partial charge in [-0.25, -0.2) is 9.36 Å². The quantitative estimate of drug-likeness (QED) is 0.243. The number of hydrogen-bond acceptors (Lipinski definition) is 9. The van der Waals surface area contributed by atoms with Crippen LogP contribution in [0.5, 0.6) is 5.75 Å². The number of para-hydroxylation sites is 1. The number of benzene rings is 1. The molecule has 0 aliphatic carbocycles. The minimum absolute atomic E-state index is 0.133. The van der Waals surface area contributed by atoms with E-state index in [2.05, 4.69) is 16.7 Å². The first-order valence-electron chi connectivity index (χ1n) is 10.8. The summed E-state index contributed by atoms with van der Waals surface area (Å²) in [6, 6.07) is 8.24. The largest absolute Gasteiger partial charge is 0.462 e. The van der Waals surface area contributed by atoms with Crippen molar-refractivity contribution in [3.63, 3.8) is 0 Å². The van der Waals surface area contributed by atoms with E-state index in [0.717, 1.165) is 10.6 Å². The summed E-state index contributed by atoms with van der Waals surface area (Å²) < 4.78 is 36.5. The maximum atomic E-state index is 13.6. The first kappa shape index (κ1) is 26.6. The lowest BCUT2D eigenvalue weighted by Crippen LogP contribution is -2.37. The third-order valence-corrected chi connectivity index (χ3v) is 6.54. The number of aliphatic hydroxyl groups is 1. The van der Waals surface area contributed by atoms with Crippen molar-refractivity contribution in [3.05, 3.63) is 75.6 Å². The van der Waals surface area contributed by atoms with Gasteiger partial charge in [-0.3, -0.25) is 23.7 Å². The minimum Gasteiger partial charge on any atom is -0.462 e. The Balaban J connectivity index is 1.76. The average Bonchev–Trinajstić information content (AvgIpc) is 3.06. The molecule has 1 aromatic carbocycles. The second-order valence-corrected chi connectivity index (χ2v) is 9.79. The van der Waals surface area contributed by atoms with Crippen molar-refractivity contribution >= 4 is 13.7 Å². The lowest BCUT2D eigenvalue weighted by atomic mass is 10.1. The molecule has 1 unspecified atom stereocenters. The maximum Gasteiger partial charge on any atom is 0.459 e. The van der Waals surface area contributed by atoms with Crippen molar-refractivity contribution in [2.75, 3.05) is 6.61 Å². The molecule has 1 saturated heterocycles. The van der Waals surface area contributed by atoms with E-state index in [9.17, 15) is 24.1 Å². The zero-order chi connectivity index (χ0) is 25.8. The molecule has 5 atom stereocenters. The second-order valence-electron chi connectivity index (χ2n) is 8.10. The fourth-order valence-electron chi connectivity index (χ4n) is 3.20. The van der Waals surface area contributed by atoms with E-state index in [1.165, 1.54) is 13.1 Å². The van der Waals surface area contributed by atoms with Crippen LogP contribution in [0, 0.1) is 0 Å². The predicted octanol–water partition coefficient (Wildman–Crippen LogP) is 1.48. The molecule has 0 saturated carbocycles. The summed E-state index contributed by atoms with van der Waals surface area (Å²) >= 11 is 0. The van der Waals surface area contributed by atoms with E-state index in [4.69, 9.17) is 18.5 Å². The van der Waals surface area contributed by atoms with E-state index < -0.39 is 56.0 Å². The van der Waals surface area contributed by atoms with E-state index >= 15 is 0 Å². The summed E-state index contributed by atoms with van der Waals surface area (Å²) in [7, 11) is -4.19. The van der Waals surface area contributed by atoms with Gasteiger partial charge >= 0.3 is 19.4 Å². The highest BCUT2D eigenvalue weighted by Gasteiger charge is 2.42. The molecule has 0 radical (unpaired) electrons. The van der Waals surface area contributed by atoms with E-state index in [0.29, 0.717) is 0 Å². The zero-order valence-electron chi connectivity index (χ0n) is 19.5. The number of rotatable bonds is 10. The lowest BCUT2D eigenvalue weighted by molar-refractivity contribution is -0.149. The van der Waals surface area contributed by atoms with Crippen LogP contribution < -0.4 is 20.9 Å². The van der Waals surface area contributed by atoms with Gasteiger partial charge in [0.2, 0.25) is 0 Å². The predicted molar refractivity (Wildman–Crippen MR) is 125 cm³/mol. The zero-order valence-corrected chi connectivity index (χ0v) is 20.3. The first-order valence-corrected chi connectivity index (χ1v) is 12.3. The summed E-state index contributed by atoms with van der Waals surface area (Å²) in [5.41, 5.74) is -1.21. The SMILES string of the molecule is C=C1[C@H](n2ccc(=O)[nH]c2=O)O[C@@H](COP(=O)(N[C@@H](C)C(=O)OC(C)C)Oc2ccccc2)[C@H]1O. The minimum atomic E-state index is -4.19. The third kappa shape index (κ3) is 6.77. The Labute approximate surface area is 201 Å². The molecule has 1 aromatic heterocycles.